The quantitative estimate of drug-likeness (QED) is 0.640. The van der Waals surface area contributed by atoms with Crippen LogP contribution in [0, 0.1) is 0 Å². The van der Waals surface area contributed by atoms with E-state index in [0.717, 1.165) is 6.54 Å². The van der Waals surface area contributed by atoms with Gasteiger partial charge in [-0.15, -0.1) is 0 Å². The monoisotopic (exact) mass is 221 g/mol. The highest BCUT2D eigenvalue weighted by atomic mass is 35.5. The van der Waals surface area contributed by atoms with Gasteiger partial charge in [0.25, 0.3) is 0 Å². The van der Waals surface area contributed by atoms with Crippen molar-refractivity contribution in [2.75, 3.05) is 0 Å². The topological polar surface area (TPSA) is 3.88 Å². The van der Waals surface area contributed by atoms with Crippen molar-refractivity contribution in [1.29, 1.82) is 0 Å². The molecule has 0 saturated heterocycles. The maximum atomic E-state index is 2.27. The molecule has 15 heavy (non-hydrogen) atoms. The molecule has 1 nitrogen and oxygen atoms in total. The molecule has 2 rings (SSSR count). The lowest BCUT2D eigenvalue weighted by Crippen LogP contribution is -3.00. The van der Waals surface area contributed by atoms with E-state index in [-0.39, 0.29) is 12.4 Å². The summed E-state index contributed by atoms with van der Waals surface area (Å²) in [7, 11) is 0. The van der Waals surface area contributed by atoms with Crippen LogP contribution in [0.25, 0.3) is 10.8 Å². The van der Waals surface area contributed by atoms with E-state index in [0.29, 0.717) is 0 Å². The molecule has 2 aromatic rings. The third kappa shape index (κ3) is 2.93. The molecular formula is C13H16ClN. The summed E-state index contributed by atoms with van der Waals surface area (Å²) < 4.78 is 2.27. The molecule has 0 radical (unpaired) electrons. The van der Waals surface area contributed by atoms with Gasteiger partial charge in [0.05, 0.1) is 0 Å². The Hall–Kier alpha value is -1.08. The first kappa shape index (κ1) is 12.0. The molecule has 0 bridgehead atoms. The van der Waals surface area contributed by atoms with Crippen molar-refractivity contribution < 1.29 is 17.0 Å². The van der Waals surface area contributed by atoms with Gasteiger partial charge in [-0.2, -0.15) is 0 Å². The number of unbranched alkanes of at least 4 members (excludes halogenated alkanes) is 1. The van der Waals surface area contributed by atoms with Gasteiger partial charge in [0.15, 0.2) is 12.4 Å². The molecule has 2 heteroatoms. The highest BCUT2D eigenvalue weighted by Crippen LogP contribution is 2.09. The fourth-order valence-corrected chi connectivity index (χ4v) is 1.66. The Morgan fingerprint density at radius 1 is 1.07 bits per heavy atom. The Kier molecular flexibility index (Phi) is 4.57. The molecule has 0 saturated carbocycles. The lowest BCUT2D eigenvalue weighted by Gasteiger charge is -1.97. The molecule has 80 valence electrons. The fraction of sp³-hybridized carbons (Fsp3) is 0.308. The third-order valence-corrected chi connectivity index (χ3v) is 2.52. The highest BCUT2D eigenvalue weighted by molar-refractivity contribution is 5.80. The van der Waals surface area contributed by atoms with Crippen LogP contribution in [0.1, 0.15) is 19.8 Å². The van der Waals surface area contributed by atoms with E-state index in [1.54, 1.807) is 0 Å². The number of benzene rings is 1. The molecule has 0 spiro atoms. The second-order valence-electron chi connectivity index (χ2n) is 3.67. The molecule has 0 unspecified atom stereocenters. The normalized spacial score (nSPS) is 9.93. The van der Waals surface area contributed by atoms with Crippen LogP contribution < -0.4 is 17.0 Å². The van der Waals surface area contributed by atoms with Crippen molar-refractivity contribution in [2.45, 2.75) is 26.3 Å². The number of rotatable bonds is 3. The Morgan fingerprint density at radius 3 is 2.53 bits per heavy atom. The Labute approximate surface area is 97.2 Å². The SMILES string of the molecule is CCCC[n+]1ccc2ccccc2c1.[Cl-]. The summed E-state index contributed by atoms with van der Waals surface area (Å²) in [5.41, 5.74) is 0. The van der Waals surface area contributed by atoms with Crippen molar-refractivity contribution in [1.82, 2.24) is 0 Å². The Morgan fingerprint density at radius 2 is 1.80 bits per heavy atom. The van der Waals surface area contributed by atoms with Crippen LogP contribution in [0.3, 0.4) is 0 Å². The summed E-state index contributed by atoms with van der Waals surface area (Å²) in [5, 5.41) is 2.64. The number of aryl methyl sites for hydroxylation is 1. The maximum absolute atomic E-state index is 2.27. The van der Waals surface area contributed by atoms with Crippen LogP contribution in [0.15, 0.2) is 42.7 Å². The Balaban J connectivity index is 0.00000112. The second kappa shape index (κ2) is 5.72. The van der Waals surface area contributed by atoms with Crippen LogP contribution in [-0.2, 0) is 6.54 Å². The molecule has 0 aliphatic rings. The first-order valence-corrected chi connectivity index (χ1v) is 5.28. The van der Waals surface area contributed by atoms with E-state index < -0.39 is 0 Å². The van der Waals surface area contributed by atoms with Crippen LogP contribution in [0.4, 0.5) is 0 Å². The zero-order valence-corrected chi connectivity index (χ0v) is 9.74. The van der Waals surface area contributed by atoms with Gasteiger partial charge < -0.3 is 12.4 Å². The van der Waals surface area contributed by atoms with Crippen molar-refractivity contribution in [3.05, 3.63) is 42.7 Å². The van der Waals surface area contributed by atoms with Gasteiger partial charge in [0.2, 0.25) is 0 Å². The molecule has 0 fully saturated rings. The number of fused-ring (bicyclic) bond motifs is 1. The minimum absolute atomic E-state index is 0. The largest absolute Gasteiger partial charge is 1.00 e. The number of pyridine rings is 1. The van der Waals surface area contributed by atoms with Gasteiger partial charge in [-0.1, -0.05) is 31.5 Å². The molecular weight excluding hydrogens is 206 g/mol. The molecule has 0 aliphatic carbocycles. The zero-order valence-electron chi connectivity index (χ0n) is 8.99. The number of hydrogen-bond acceptors (Lipinski definition) is 0. The van der Waals surface area contributed by atoms with E-state index in [1.165, 1.54) is 23.6 Å². The molecule has 0 aliphatic heterocycles. The van der Waals surface area contributed by atoms with Gasteiger partial charge in [0.1, 0.15) is 6.54 Å². The summed E-state index contributed by atoms with van der Waals surface area (Å²) in [5.74, 6) is 0. The van der Waals surface area contributed by atoms with Crippen molar-refractivity contribution in [3.8, 4) is 0 Å². The fourth-order valence-electron chi connectivity index (χ4n) is 1.66. The molecule has 0 amide bonds. The smallest absolute Gasteiger partial charge is 0.176 e. The van der Waals surface area contributed by atoms with E-state index in [4.69, 9.17) is 0 Å². The van der Waals surface area contributed by atoms with Gasteiger partial charge in [-0.05, 0) is 11.5 Å². The molecule has 1 heterocycles. The van der Waals surface area contributed by atoms with Crippen LogP contribution in [0.5, 0.6) is 0 Å². The number of halogens is 1. The lowest BCUT2D eigenvalue weighted by atomic mass is 10.2. The van der Waals surface area contributed by atoms with Crippen LogP contribution in [-0.4, -0.2) is 0 Å². The van der Waals surface area contributed by atoms with Gasteiger partial charge >= 0.3 is 0 Å². The lowest BCUT2D eigenvalue weighted by molar-refractivity contribution is -0.696. The minimum Gasteiger partial charge on any atom is -1.00 e. The first-order valence-electron chi connectivity index (χ1n) is 5.28. The van der Waals surface area contributed by atoms with E-state index in [9.17, 15) is 0 Å². The molecule has 1 aromatic heterocycles. The molecule has 1 aromatic carbocycles. The number of nitrogens with zero attached hydrogens (tertiary/aromatic N) is 1. The number of hydrogen-bond donors (Lipinski definition) is 0. The summed E-state index contributed by atoms with van der Waals surface area (Å²) in [6.07, 6.45) is 6.89. The predicted octanol–water partition coefficient (Wildman–Crippen LogP) is -0.0686. The number of aromatic nitrogens is 1. The van der Waals surface area contributed by atoms with Crippen LogP contribution in [0.2, 0.25) is 0 Å². The Bertz CT molecular complexity index is 426. The molecule has 0 atom stereocenters. The summed E-state index contributed by atoms with van der Waals surface area (Å²) in [4.78, 5) is 0. The average molecular weight is 222 g/mol. The van der Waals surface area contributed by atoms with E-state index >= 15 is 0 Å². The second-order valence-corrected chi connectivity index (χ2v) is 3.67. The standard InChI is InChI=1S/C13H16N.ClH/c1-2-3-9-14-10-8-12-6-4-5-7-13(12)11-14;/h4-8,10-11H,2-3,9H2,1H3;1H/q+1;/p-1. The summed E-state index contributed by atoms with van der Waals surface area (Å²) in [6, 6.07) is 10.7. The maximum Gasteiger partial charge on any atom is 0.176 e. The summed E-state index contributed by atoms with van der Waals surface area (Å²) in [6.45, 7) is 3.35. The summed E-state index contributed by atoms with van der Waals surface area (Å²) >= 11 is 0. The minimum atomic E-state index is 0. The van der Waals surface area contributed by atoms with Crippen molar-refractivity contribution in [2.24, 2.45) is 0 Å². The van der Waals surface area contributed by atoms with Gasteiger partial charge in [0, 0.05) is 17.9 Å². The molecule has 0 N–H and O–H groups in total. The third-order valence-electron chi connectivity index (χ3n) is 2.52. The van der Waals surface area contributed by atoms with Gasteiger partial charge in [-0.3, -0.25) is 0 Å². The average Bonchev–Trinajstić information content (AvgIpc) is 2.26. The predicted molar refractivity (Wildman–Crippen MR) is 59.1 cm³/mol. The van der Waals surface area contributed by atoms with Crippen LogP contribution >= 0.6 is 0 Å². The van der Waals surface area contributed by atoms with E-state index in [1.807, 2.05) is 0 Å². The van der Waals surface area contributed by atoms with E-state index in [2.05, 4.69) is 54.2 Å². The zero-order chi connectivity index (χ0) is 9.80. The van der Waals surface area contributed by atoms with Gasteiger partial charge in [-0.25, -0.2) is 4.57 Å². The first-order chi connectivity index (χ1) is 6.90. The van der Waals surface area contributed by atoms with Crippen molar-refractivity contribution >= 4 is 10.8 Å². The highest BCUT2D eigenvalue weighted by Gasteiger charge is 2.00. The van der Waals surface area contributed by atoms with Crippen molar-refractivity contribution in [3.63, 3.8) is 0 Å².